The normalized spacial score (nSPS) is 16.8. The van der Waals surface area contributed by atoms with Crippen LogP contribution in [0.15, 0.2) is 23.7 Å². The number of aliphatic carboxylic acids is 1. The number of nitrogens with one attached hydrogen (secondary N) is 3. The zero-order chi connectivity index (χ0) is 31.6. The molecule has 0 spiro atoms. The van der Waals surface area contributed by atoms with E-state index in [9.17, 15) is 19.2 Å². The quantitative estimate of drug-likeness (QED) is 0.0701. The van der Waals surface area contributed by atoms with E-state index in [-0.39, 0.29) is 67.9 Å². The number of hydrogen-bond acceptors (Lipinski definition) is 10. The van der Waals surface area contributed by atoms with Crippen molar-refractivity contribution in [2.45, 2.75) is 57.5 Å². The topological polar surface area (TPSA) is 222 Å². The summed E-state index contributed by atoms with van der Waals surface area (Å²) in [7, 11) is 1.49. The molecule has 2 aliphatic rings. The molecule has 1 aromatic heterocycles. The third kappa shape index (κ3) is 13.9. The fraction of sp³-hybridized carbons (Fsp3) is 0.630. The summed E-state index contributed by atoms with van der Waals surface area (Å²) in [6.45, 7) is 3.76. The van der Waals surface area contributed by atoms with Crippen LogP contribution in [0.3, 0.4) is 0 Å². The van der Waals surface area contributed by atoms with Crippen LogP contribution in [0.1, 0.15) is 55.9 Å². The summed E-state index contributed by atoms with van der Waals surface area (Å²) in [6.07, 6.45) is 9.31. The number of hydrogen-bond donors (Lipinski definition) is 5. The molecule has 1 saturated carbocycles. The largest absolute Gasteiger partial charge is 0.481 e. The lowest BCUT2D eigenvalue weighted by molar-refractivity contribution is -0.139. The summed E-state index contributed by atoms with van der Waals surface area (Å²) in [5, 5.41) is 19.4. The minimum atomic E-state index is -1.03. The maximum absolute atomic E-state index is 13.6. The predicted molar refractivity (Wildman–Crippen MR) is 155 cm³/mol. The first kappa shape index (κ1) is 34.9. The molecular formula is C27H43N9O7. The van der Waals surface area contributed by atoms with Crippen molar-refractivity contribution in [1.82, 2.24) is 35.7 Å². The number of nitrogens with zero attached hydrogens (tertiary/aromatic N) is 5. The van der Waals surface area contributed by atoms with Crippen LogP contribution in [-0.2, 0) is 23.9 Å². The molecule has 4 amide bonds. The lowest BCUT2D eigenvalue weighted by Gasteiger charge is -2.31. The number of carbonyl (C=O) groups is 5. The molecule has 1 aromatic rings. The highest BCUT2D eigenvalue weighted by Gasteiger charge is 2.37. The highest BCUT2D eigenvalue weighted by molar-refractivity contribution is 5.93. The van der Waals surface area contributed by atoms with E-state index in [0.29, 0.717) is 6.54 Å². The van der Waals surface area contributed by atoms with E-state index in [1.807, 2.05) is 4.90 Å². The van der Waals surface area contributed by atoms with E-state index in [2.05, 4.69) is 31.0 Å². The molecule has 0 unspecified atom stereocenters. The predicted octanol–water partition coefficient (Wildman–Crippen LogP) is -1.07. The molecular weight excluding hydrogens is 562 g/mol. The highest BCUT2D eigenvalue weighted by Crippen LogP contribution is 2.27. The van der Waals surface area contributed by atoms with Crippen LogP contribution in [0.5, 0.6) is 0 Å². The molecule has 16 nitrogen and oxygen atoms in total. The Bertz CT molecular complexity index is 1080. The number of rotatable bonds is 15. The van der Waals surface area contributed by atoms with Crippen molar-refractivity contribution >= 4 is 35.9 Å². The molecule has 43 heavy (non-hydrogen) atoms. The van der Waals surface area contributed by atoms with Crippen LogP contribution < -0.4 is 21.8 Å². The van der Waals surface area contributed by atoms with Crippen LogP contribution in [0, 0.1) is 5.92 Å². The number of amides is 4. The van der Waals surface area contributed by atoms with Crippen LogP contribution >= 0.6 is 0 Å². The number of aromatic nitrogens is 2. The van der Waals surface area contributed by atoms with Crippen LogP contribution in [0.2, 0.25) is 0 Å². The maximum atomic E-state index is 13.6. The minimum absolute atomic E-state index is 0.00443. The van der Waals surface area contributed by atoms with E-state index in [1.165, 1.54) is 25.7 Å². The fourth-order valence-electron chi connectivity index (χ4n) is 4.50. The van der Waals surface area contributed by atoms with Gasteiger partial charge in [-0.2, -0.15) is 5.10 Å². The van der Waals surface area contributed by atoms with Gasteiger partial charge in [-0.15, -0.1) is 0 Å². The number of hydrazone groups is 1. The number of nitrogens with two attached hydrogens (primary N) is 1. The molecule has 16 heteroatoms. The number of likely N-dealkylation sites (tertiary alicyclic amines) is 1. The first-order valence-corrected chi connectivity index (χ1v) is 14.2. The SMILES string of the molecule is CC(=O)O.COCCC(=O)N[C@@H](CC(=O)NC[C@@H]1CCCN(C=NN)C1)C(=O)N(CCNC(=O)c1cnccn1)C1CC1. The summed E-state index contributed by atoms with van der Waals surface area (Å²) in [6, 6.07) is -1.03. The zero-order valence-corrected chi connectivity index (χ0v) is 24.7. The van der Waals surface area contributed by atoms with Gasteiger partial charge >= 0.3 is 0 Å². The maximum Gasteiger partial charge on any atom is 0.300 e. The van der Waals surface area contributed by atoms with E-state index in [4.69, 9.17) is 20.5 Å². The minimum Gasteiger partial charge on any atom is -0.481 e. The van der Waals surface area contributed by atoms with Crippen molar-refractivity contribution in [3.8, 4) is 0 Å². The monoisotopic (exact) mass is 605 g/mol. The summed E-state index contributed by atoms with van der Waals surface area (Å²) >= 11 is 0. The Hall–Kier alpha value is -4.34. The van der Waals surface area contributed by atoms with Crippen LogP contribution in [0.4, 0.5) is 0 Å². The number of methoxy groups -OCH3 is 1. The van der Waals surface area contributed by atoms with E-state index in [0.717, 1.165) is 45.7 Å². The van der Waals surface area contributed by atoms with Crippen molar-refractivity contribution in [2.24, 2.45) is 16.9 Å². The summed E-state index contributed by atoms with van der Waals surface area (Å²) in [5.41, 5.74) is 0.179. The molecule has 1 aliphatic heterocycles. The first-order valence-electron chi connectivity index (χ1n) is 14.2. The second kappa shape index (κ2) is 19.0. The molecule has 0 aromatic carbocycles. The van der Waals surface area contributed by atoms with E-state index in [1.54, 1.807) is 11.2 Å². The highest BCUT2D eigenvalue weighted by atomic mass is 16.5. The van der Waals surface area contributed by atoms with Crippen molar-refractivity contribution < 1.29 is 33.8 Å². The Labute approximate surface area is 250 Å². The van der Waals surface area contributed by atoms with Gasteiger partial charge in [0.25, 0.3) is 11.9 Å². The third-order valence-corrected chi connectivity index (χ3v) is 6.63. The lowest BCUT2D eigenvalue weighted by atomic mass is 9.98. The van der Waals surface area contributed by atoms with Crippen LogP contribution in [0.25, 0.3) is 0 Å². The Morgan fingerprint density at radius 1 is 1.21 bits per heavy atom. The molecule has 0 radical (unpaired) electrons. The molecule has 2 atom stereocenters. The first-order chi connectivity index (χ1) is 20.6. The Morgan fingerprint density at radius 3 is 2.58 bits per heavy atom. The molecule has 1 saturated heterocycles. The Morgan fingerprint density at radius 2 is 1.95 bits per heavy atom. The van der Waals surface area contributed by atoms with Gasteiger partial charge in [0.05, 0.1) is 19.2 Å². The second-order valence-corrected chi connectivity index (χ2v) is 10.3. The van der Waals surface area contributed by atoms with Gasteiger partial charge in [0.2, 0.25) is 17.7 Å². The van der Waals surface area contributed by atoms with Gasteiger partial charge < -0.3 is 41.4 Å². The van der Waals surface area contributed by atoms with Crippen molar-refractivity contribution in [1.29, 1.82) is 0 Å². The summed E-state index contributed by atoms with van der Waals surface area (Å²) in [5.74, 6) is 3.21. The Balaban J connectivity index is 0.00000151. The Kier molecular flexibility index (Phi) is 15.4. The third-order valence-electron chi connectivity index (χ3n) is 6.63. The van der Waals surface area contributed by atoms with Gasteiger partial charge in [-0.25, -0.2) is 4.98 Å². The smallest absolute Gasteiger partial charge is 0.300 e. The molecule has 238 valence electrons. The number of carbonyl (C=O) groups excluding carboxylic acids is 4. The molecule has 0 bridgehead atoms. The van der Waals surface area contributed by atoms with Crippen molar-refractivity contribution in [3.63, 3.8) is 0 Å². The van der Waals surface area contributed by atoms with E-state index < -0.39 is 17.9 Å². The molecule has 2 heterocycles. The van der Waals surface area contributed by atoms with Crippen LogP contribution in [-0.4, -0.2) is 119 Å². The van der Waals surface area contributed by atoms with Gasteiger partial charge in [-0.1, -0.05) is 0 Å². The average molecular weight is 606 g/mol. The summed E-state index contributed by atoms with van der Waals surface area (Å²) < 4.78 is 4.97. The average Bonchev–Trinajstić information content (AvgIpc) is 3.82. The standard InChI is InChI=1S/C25H39N9O5.C2H4O2/c1-39-12-6-22(35)32-20(13-23(36)30-14-18-3-2-10-33(16-18)17-31-26)25(38)34(19-4-5-19)11-9-29-24(37)21-15-27-7-8-28-21;1-2(3)4/h7-8,15,17-20H,2-6,9-14,16,26H2,1H3,(H,29,37)(H,30,36)(H,32,35);1H3,(H,3,4)/t18-,20-;/m0./s1. The van der Waals surface area contributed by atoms with Gasteiger partial charge in [0.15, 0.2) is 0 Å². The molecule has 6 N–H and O–H groups in total. The zero-order valence-electron chi connectivity index (χ0n) is 24.7. The van der Waals surface area contributed by atoms with Crippen molar-refractivity contribution in [3.05, 3.63) is 24.3 Å². The fourth-order valence-corrected chi connectivity index (χ4v) is 4.50. The number of carboxylic acid groups (broad SMARTS) is 1. The summed E-state index contributed by atoms with van der Waals surface area (Å²) in [4.78, 5) is 71.7. The second-order valence-electron chi connectivity index (χ2n) is 10.3. The van der Waals surface area contributed by atoms with Gasteiger partial charge in [0.1, 0.15) is 18.1 Å². The number of carboxylic acids is 1. The molecule has 3 rings (SSSR count). The number of ether oxygens (including phenoxy) is 1. The van der Waals surface area contributed by atoms with E-state index >= 15 is 0 Å². The molecule has 1 aliphatic carbocycles. The van der Waals surface area contributed by atoms with Gasteiger partial charge in [-0.05, 0) is 31.6 Å². The van der Waals surface area contributed by atoms with Gasteiger partial charge in [0, 0.05) is 71.6 Å². The van der Waals surface area contributed by atoms with Crippen molar-refractivity contribution in [2.75, 3.05) is 46.4 Å². The molecule has 2 fully saturated rings. The number of piperidine rings is 1. The lowest BCUT2D eigenvalue weighted by Crippen LogP contribution is -2.53. The van der Waals surface area contributed by atoms with Gasteiger partial charge in [-0.3, -0.25) is 29.0 Å².